The number of carbonyl (C=O) groups is 2. The summed E-state index contributed by atoms with van der Waals surface area (Å²) in [6.45, 7) is 6.38. The zero-order chi connectivity index (χ0) is 20.9. The van der Waals surface area contributed by atoms with Crippen molar-refractivity contribution in [2.75, 3.05) is 37.6 Å². The van der Waals surface area contributed by atoms with E-state index in [0.29, 0.717) is 25.3 Å². The molecule has 1 aliphatic carbocycles. The maximum Gasteiger partial charge on any atom is 0.222 e. The van der Waals surface area contributed by atoms with Gasteiger partial charge in [-0.3, -0.25) is 9.59 Å². The molecule has 4 rings (SSSR count). The molecule has 0 N–H and O–H groups in total. The fourth-order valence-electron chi connectivity index (χ4n) is 5.74. The zero-order valence-electron chi connectivity index (χ0n) is 18.5. The number of carbonyl (C=O) groups excluding carboxylic acids is 2. The van der Waals surface area contributed by atoms with E-state index in [-0.39, 0.29) is 11.8 Å². The van der Waals surface area contributed by atoms with Gasteiger partial charge in [-0.1, -0.05) is 31.0 Å². The van der Waals surface area contributed by atoms with Crippen LogP contribution in [0.25, 0.3) is 0 Å². The van der Waals surface area contributed by atoms with Gasteiger partial charge in [0.15, 0.2) is 0 Å². The number of hydrogen-bond donors (Lipinski definition) is 0. The summed E-state index contributed by atoms with van der Waals surface area (Å²) in [4.78, 5) is 32.0. The third-order valence-electron chi connectivity index (χ3n) is 7.43. The Morgan fingerprint density at radius 1 is 0.867 bits per heavy atom. The topological polar surface area (TPSA) is 43.9 Å². The quantitative estimate of drug-likeness (QED) is 0.736. The van der Waals surface area contributed by atoms with Gasteiger partial charge < -0.3 is 14.7 Å². The molecule has 0 bridgehead atoms. The number of anilines is 1. The van der Waals surface area contributed by atoms with Crippen molar-refractivity contribution in [3.63, 3.8) is 0 Å². The lowest BCUT2D eigenvalue weighted by Crippen LogP contribution is -2.50. The van der Waals surface area contributed by atoms with Gasteiger partial charge in [0.2, 0.25) is 11.8 Å². The molecule has 5 nitrogen and oxygen atoms in total. The highest BCUT2D eigenvalue weighted by atomic mass is 16.2. The van der Waals surface area contributed by atoms with E-state index in [1.54, 1.807) is 0 Å². The van der Waals surface area contributed by atoms with Gasteiger partial charge in [-0.25, -0.2) is 0 Å². The lowest BCUT2D eigenvalue weighted by Gasteiger charge is -2.44. The third kappa shape index (κ3) is 4.81. The number of nitrogens with zero attached hydrogens (tertiary/aromatic N) is 3. The van der Waals surface area contributed by atoms with Crippen molar-refractivity contribution >= 4 is 17.5 Å². The summed E-state index contributed by atoms with van der Waals surface area (Å²) in [6.07, 6.45) is 9.22. The van der Waals surface area contributed by atoms with Crippen molar-refractivity contribution in [3.8, 4) is 0 Å². The second-order valence-electron chi connectivity index (χ2n) is 9.35. The van der Waals surface area contributed by atoms with Crippen molar-refractivity contribution in [2.45, 2.75) is 70.8 Å². The molecule has 3 aliphatic rings. The third-order valence-corrected chi connectivity index (χ3v) is 7.43. The minimum absolute atomic E-state index is 0.210. The summed E-state index contributed by atoms with van der Waals surface area (Å²) in [7, 11) is 0. The molecular formula is C25H37N3O2. The molecule has 2 heterocycles. The van der Waals surface area contributed by atoms with E-state index < -0.39 is 0 Å². The molecular weight excluding hydrogens is 374 g/mol. The first-order chi connectivity index (χ1) is 14.6. The largest absolute Gasteiger partial charge is 0.368 e. The van der Waals surface area contributed by atoms with Crippen LogP contribution in [0.3, 0.4) is 0 Å². The Morgan fingerprint density at radius 2 is 1.57 bits per heavy atom. The number of hydrogen-bond acceptors (Lipinski definition) is 3. The molecule has 5 heteroatoms. The van der Waals surface area contributed by atoms with Crippen LogP contribution in [0.1, 0.15) is 63.4 Å². The lowest BCUT2D eigenvalue weighted by molar-refractivity contribution is -0.138. The van der Waals surface area contributed by atoms with Crippen LogP contribution in [0, 0.1) is 12.8 Å². The highest BCUT2D eigenvalue weighted by molar-refractivity contribution is 5.79. The van der Waals surface area contributed by atoms with Crippen molar-refractivity contribution in [1.82, 2.24) is 9.80 Å². The molecule has 1 saturated carbocycles. The number of amides is 2. The van der Waals surface area contributed by atoms with Gasteiger partial charge in [-0.15, -0.1) is 0 Å². The Morgan fingerprint density at radius 3 is 2.37 bits per heavy atom. The van der Waals surface area contributed by atoms with Crippen LogP contribution < -0.4 is 4.90 Å². The number of likely N-dealkylation sites (tertiary alicyclic amines) is 1. The Kier molecular flexibility index (Phi) is 6.96. The molecule has 3 fully saturated rings. The van der Waals surface area contributed by atoms with Crippen molar-refractivity contribution < 1.29 is 9.59 Å². The van der Waals surface area contributed by atoms with Gasteiger partial charge in [0, 0.05) is 57.3 Å². The van der Waals surface area contributed by atoms with Gasteiger partial charge in [0.1, 0.15) is 0 Å². The van der Waals surface area contributed by atoms with E-state index in [9.17, 15) is 9.59 Å². The molecule has 1 aromatic carbocycles. The van der Waals surface area contributed by atoms with Gasteiger partial charge in [-0.2, -0.15) is 0 Å². The van der Waals surface area contributed by atoms with E-state index in [0.717, 1.165) is 45.1 Å². The van der Waals surface area contributed by atoms with Crippen molar-refractivity contribution in [1.29, 1.82) is 0 Å². The molecule has 2 aliphatic heterocycles. The number of para-hydroxylation sites is 1. The normalized spacial score (nSPS) is 24.5. The predicted molar refractivity (Wildman–Crippen MR) is 121 cm³/mol. The van der Waals surface area contributed by atoms with Crippen LogP contribution in [-0.2, 0) is 9.59 Å². The summed E-state index contributed by atoms with van der Waals surface area (Å²) < 4.78 is 0. The minimum Gasteiger partial charge on any atom is -0.368 e. The maximum atomic E-state index is 12.8. The molecule has 0 radical (unpaired) electrons. The molecule has 164 valence electrons. The second-order valence-corrected chi connectivity index (χ2v) is 9.35. The number of piperidine rings is 1. The van der Waals surface area contributed by atoms with Crippen LogP contribution in [0.15, 0.2) is 24.3 Å². The first-order valence-electron chi connectivity index (χ1n) is 12.0. The smallest absolute Gasteiger partial charge is 0.222 e. The van der Waals surface area contributed by atoms with E-state index in [4.69, 9.17) is 0 Å². The number of fused-ring (bicyclic) bond motifs is 1. The number of rotatable bonds is 5. The molecule has 2 unspecified atom stereocenters. The number of aryl methyl sites for hydroxylation is 1. The molecule has 1 aromatic rings. The minimum atomic E-state index is 0.210. The second kappa shape index (κ2) is 9.84. The van der Waals surface area contributed by atoms with Gasteiger partial charge >= 0.3 is 0 Å². The summed E-state index contributed by atoms with van der Waals surface area (Å²) in [5.41, 5.74) is 2.56. The average molecular weight is 412 g/mol. The van der Waals surface area contributed by atoms with Crippen LogP contribution in [-0.4, -0.2) is 60.4 Å². The molecule has 2 saturated heterocycles. The number of piperazine rings is 1. The SMILES string of the molecule is Cc1ccccc1N1CCN(C(=O)CCCC(=O)N2CCCC3CCCCC32)CC1. The Labute approximate surface area is 181 Å². The van der Waals surface area contributed by atoms with Crippen molar-refractivity contribution in [2.24, 2.45) is 5.92 Å². The Hall–Kier alpha value is -2.04. The van der Waals surface area contributed by atoms with Crippen LogP contribution in [0.5, 0.6) is 0 Å². The van der Waals surface area contributed by atoms with E-state index >= 15 is 0 Å². The molecule has 2 atom stereocenters. The zero-order valence-corrected chi connectivity index (χ0v) is 18.5. The van der Waals surface area contributed by atoms with Crippen LogP contribution >= 0.6 is 0 Å². The number of benzene rings is 1. The first kappa shape index (κ1) is 21.2. The summed E-state index contributed by atoms with van der Waals surface area (Å²) in [6, 6.07) is 8.93. The summed E-state index contributed by atoms with van der Waals surface area (Å²) in [5.74, 6) is 1.22. The fraction of sp³-hybridized carbons (Fsp3) is 0.680. The standard InChI is InChI=1S/C25H37N3O2/c1-20-8-2-4-11-22(20)26-16-18-27(19-17-26)24(29)13-6-14-25(30)28-15-7-10-21-9-3-5-12-23(21)28/h2,4,8,11,21,23H,3,5-7,9-10,12-19H2,1H3. The predicted octanol–water partition coefficient (Wildman–Crippen LogP) is 4.00. The highest BCUT2D eigenvalue weighted by Gasteiger charge is 2.35. The van der Waals surface area contributed by atoms with Crippen LogP contribution in [0.4, 0.5) is 5.69 Å². The molecule has 30 heavy (non-hydrogen) atoms. The monoisotopic (exact) mass is 411 g/mol. The van der Waals surface area contributed by atoms with E-state index in [1.807, 2.05) is 4.90 Å². The van der Waals surface area contributed by atoms with Gasteiger partial charge in [-0.05, 0) is 56.6 Å². The van der Waals surface area contributed by atoms with Gasteiger partial charge in [0.25, 0.3) is 0 Å². The van der Waals surface area contributed by atoms with E-state index in [2.05, 4.69) is 41.0 Å². The highest BCUT2D eigenvalue weighted by Crippen LogP contribution is 2.35. The fourth-order valence-corrected chi connectivity index (χ4v) is 5.74. The Balaban J connectivity index is 1.20. The van der Waals surface area contributed by atoms with E-state index in [1.165, 1.54) is 43.4 Å². The molecule has 2 amide bonds. The first-order valence-corrected chi connectivity index (χ1v) is 12.0. The van der Waals surface area contributed by atoms with Crippen LogP contribution in [0.2, 0.25) is 0 Å². The summed E-state index contributed by atoms with van der Waals surface area (Å²) >= 11 is 0. The molecule has 0 aromatic heterocycles. The Bertz CT molecular complexity index is 740. The maximum absolute atomic E-state index is 12.8. The molecule has 0 spiro atoms. The van der Waals surface area contributed by atoms with Crippen molar-refractivity contribution in [3.05, 3.63) is 29.8 Å². The lowest BCUT2D eigenvalue weighted by atomic mass is 9.78. The van der Waals surface area contributed by atoms with Gasteiger partial charge in [0.05, 0.1) is 0 Å². The summed E-state index contributed by atoms with van der Waals surface area (Å²) in [5, 5.41) is 0. The average Bonchev–Trinajstić information content (AvgIpc) is 2.79.